The number of nitrogens with one attached hydrogen (secondary N) is 1. The molecule has 1 heterocycles. The molecule has 1 saturated heterocycles. The zero-order chi connectivity index (χ0) is 19.4. The second kappa shape index (κ2) is 7.90. The lowest BCUT2D eigenvalue weighted by atomic mass is 10.1. The molecule has 2 aromatic carbocycles. The maximum absolute atomic E-state index is 12.5. The molecule has 7 nitrogen and oxygen atoms in total. The highest BCUT2D eigenvalue weighted by Crippen LogP contribution is 2.27. The topological polar surface area (TPSA) is 84.9 Å². The SMILES string of the molecule is COC(=O)c1cccc(N2CC(C(=O)Nc3ccc(OC)cc3)CC2=O)c1. The molecule has 140 valence electrons. The fourth-order valence-corrected chi connectivity index (χ4v) is 2.97. The summed E-state index contributed by atoms with van der Waals surface area (Å²) in [5.74, 6) is -0.633. The van der Waals surface area contributed by atoms with Gasteiger partial charge in [0.2, 0.25) is 11.8 Å². The van der Waals surface area contributed by atoms with Gasteiger partial charge in [0.05, 0.1) is 25.7 Å². The monoisotopic (exact) mass is 368 g/mol. The second-order valence-electron chi connectivity index (χ2n) is 6.17. The van der Waals surface area contributed by atoms with Crippen molar-refractivity contribution in [3.8, 4) is 5.75 Å². The van der Waals surface area contributed by atoms with E-state index in [-0.39, 0.29) is 24.8 Å². The molecule has 1 aliphatic heterocycles. The molecule has 0 radical (unpaired) electrons. The van der Waals surface area contributed by atoms with Crippen molar-refractivity contribution >= 4 is 29.2 Å². The van der Waals surface area contributed by atoms with Gasteiger partial charge in [0.1, 0.15) is 5.75 Å². The Balaban J connectivity index is 1.69. The van der Waals surface area contributed by atoms with Gasteiger partial charge >= 0.3 is 5.97 Å². The molecule has 7 heteroatoms. The van der Waals surface area contributed by atoms with Gasteiger partial charge in [0.25, 0.3) is 0 Å². The van der Waals surface area contributed by atoms with Gasteiger partial charge in [-0.15, -0.1) is 0 Å². The van der Waals surface area contributed by atoms with Crippen LogP contribution in [-0.2, 0) is 14.3 Å². The molecule has 0 aliphatic carbocycles. The fraction of sp³-hybridized carbons (Fsp3) is 0.250. The average molecular weight is 368 g/mol. The highest BCUT2D eigenvalue weighted by Gasteiger charge is 2.35. The van der Waals surface area contributed by atoms with Gasteiger partial charge in [-0.25, -0.2) is 4.79 Å². The van der Waals surface area contributed by atoms with Gasteiger partial charge in [0, 0.05) is 24.3 Å². The van der Waals surface area contributed by atoms with Crippen LogP contribution in [0.25, 0.3) is 0 Å². The van der Waals surface area contributed by atoms with E-state index in [0.29, 0.717) is 22.7 Å². The van der Waals surface area contributed by atoms with Gasteiger partial charge in [0.15, 0.2) is 0 Å². The lowest BCUT2D eigenvalue weighted by Crippen LogP contribution is -2.28. The average Bonchev–Trinajstić information content (AvgIpc) is 3.10. The number of hydrogen-bond donors (Lipinski definition) is 1. The lowest BCUT2D eigenvalue weighted by Gasteiger charge is -2.17. The molecule has 3 rings (SSSR count). The molecule has 0 bridgehead atoms. The molecule has 1 aliphatic rings. The number of benzene rings is 2. The predicted molar refractivity (Wildman–Crippen MR) is 99.9 cm³/mol. The maximum Gasteiger partial charge on any atom is 0.337 e. The van der Waals surface area contributed by atoms with E-state index in [0.717, 1.165) is 0 Å². The van der Waals surface area contributed by atoms with Crippen LogP contribution < -0.4 is 15.0 Å². The molecule has 2 amide bonds. The number of carbonyl (C=O) groups excluding carboxylic acids is 3. The molecule has 1 N–H and O–H groups in total. The summed E-state index contributed by atoms with van der Waals surface area (Å²) in [5, 5.41) is 2.82. The molecule has 0 aromatic heterocycles. The van der Waals surface area contributed by atoms with Crippen molar-refractivity contribution in [1.82, 2.24) is 0 Å². The predicted octanol–water partition coefficient (Wildman–Crippen LogP) is 2.47. The molecule has 1 unspecified atom stereocenters. The molecule has 27 heavy (non-hydrogen) atoms. The third kappa shape index (κ3) is 4.08. The summed E-state index contributed by atoms with van der Waals surface area (Å²) >= 11 is 0. The summed E-state index contributed by atoms with van der Waals surface area (Å²) in [4.78, 5) is 38.1. The number of nitrogens with zero attached hydrogens (tertiary/aromatic N) is 1. The Morgan fingerprint density at radius 1 is 1.11 bits per heavy atom. The Bertz CT molecular complexity index is 863. The number of rotatable bonds is 5. The van der Waals surface area contributed by atoms with Gasteiger partial charge in [-0.1, -0.05) is 6.07 Å². The summed E-state index contributed by atoms with van der Waals surface area (Å²) in [5.41, 5.74) is 1.57. The van der Waals surface area contributed by atoms with Crippen molar-refractivity contribution in [2.75, 3.05) is 31.0 Å². The van der Waals surface area contributed by atoms with E-state index in [1.54, 1.807) is 55.6 Å². The number of carbonyl (C=O) groups is 3. The smallest absolute Gasteiger partial charge is 0.337 e. The van der Waals surface area contributed by atoms with Crippen molar-refractivity contribution in [2.24, 2.45) is 5.92 Å². The van der Waals surface area contributed by atoms with E-state index < -0.39 is 11.9 Å². The molecular weight excluding hydrogens is 348 g/mol. The van der Waals surface area contributed by atoms with E-state index in [4.69, 9.17) is 9.47 Å². The number of amides is 2. The van der Waals surface area contributed by atoms with E-state index in [1.807, 2.05) is 0 Å². The van der Waals surface area contributed by atoms with Crippen LogP contribution in [0.4, 0.5) is 11.4 Å². The molecule has 1 fully saturated rings. The summed E-state index contributed by atoms with van der Waals surface area (Å²) in [6.07, 6.45) is 0.116. The number of hydrogen-bond acceptors (Lipinski definition) is 5. The van der Waals surface area contributed by atoms with Crippen molar-refractivity contribution < 1.29 is 23.9 Å². The highest BCUT2D eigenvalue weighted by molar-refractivity contribution is 6.04. The zero-order valence-electron chi connectivity index (χ0n) is 15.1. The van der Waals surface area contributed by atoms with Crippen LogP contribution in [0.15, 0.2) is 48.5 Å². The Labute approximate surface area is 156 Å². The van der Waals surface area contributed by atoms with Crippen molar-refractivity contribution in [2.45, 2.75) is 6.42 Å². The minimum Gasteiger partial charge on any atom is -0.497 e. The third-order valence-corrected chi connectivity index (χ3v) is 4.43. The first kappa shape index (κ1) is 18.4. The van der Waals surface area contributed by atoms with E-state index >= 15 is 0 Å². The minimum atomic E-state index is -0.475. The number of methoxy groups -OCH3 is 2. The van der Waals surface area contributed by atoms with Gasteiger partial charge in [-0.05, 0) is 42.5 Å². The quantitative estimate of drug-likeness (QED) is 0.820. The highest BCUT2D eigenvalue weighted by atomic mass is 16.5. The number of anilines is 2. The fourth-order valence-electron chi connectivity index (χ4n) is 2.97. The third-order valence-electron chi connectivity index (χ3n) is 4.43. The molecule has 2 aromatic rings. The summed E-state index contributed by atoms with van der Waals surface area (Å²) in [7, 11) is 2.87. The van der Waals surface area contributed by atoms with Crippen LogP contribution in [0.1, 0.15) is 16.8 Å². The summed E-state index contributed by atoms with van der Waals surface area (Å²) in [6, 6.07) is 13.6. The van der Waals surface area contributed by atoms with Crippen LogP contribution in [-0.4, -0.2) is 38.5 Å². The largest absolute Gasteiger partial charge is 0.497 e. The minimum absolute atomic E-state index is 0.116. The van der Waals surface area contributed by atoms with Crippen molar-refractivity contribution in [3.63, 3.8) is 0 Å². The lowest BCUT2D eigenvalue weighted by molar-refractivity contribution is -0.122. The first-order chi connectivity index (χ1) is 13.0. The second-order valence-corrected chi connectivity index (χ2v) is 6.17. The Morgan fingerprint density at radius 3 is 2.52 bits per heavy atom. The van der Waals surface area contributed by atoms with Crippen LogP contribution >= 0.6 is 0 Å². The number of esters is 1. The van der Waals surface area contributed by atoms with Gasteiger partial charge < -0.3 is 19.7 Å². The zero-order valence-corrected chi connectivity index (χ0v) is 15.1. The summed E-state index contributed by atoms with van der Waals surface area (Å²) < 4.78 is 9.80. The van der Waals surface area contributed by atoms with Crippen LogP contribution in [0.3, 0.4) is 0 Å². The van der Waals surface area contributed by atoms with Crippen LogP contribution in [0.5, 0.6) is 5.75 Å². The maximum atomic E-state index is 12.5. The van der Waals surface area contributed by atoms with Crippen molar-refractivity contribution in [1.29, 1.82) is 0 Å². The van der Waals surface area contributed by atoms with E-state index in [9.17, 15) is 14.4 Å². The molecular formula is C20H20N2O5. The summed E-state index contributed by atoms with van der Waals surface area (Å²) in [6.45, 7) is 0.255. The molecule has 1 atom stereocenters. The van der Waals surface area contributed by atoms with Crippen molar-refractivity contribution in [3.05, 3.63) is 54.1 Å². The first-order valence-electron chi connectivity index (χ1n) is 8.45. The van der Waals surface area contributed by atoms with Crippen LogP contribution in [0, 0.1) is 5.92 Å². The first-order valence-corrected chi connectivity index (χ1v) is 8.45. The Hall–Kier alpha value is -3.35. The number of ether oxygens (including phenoxy) is 2. The normalized spacial score (nSPS) is 16.1. The van der Waals surface area contributed by atoms with E-state index in [1.165, 1.54) is 12.0 Å². The standard InChI is InChI=1S/C20H20N2O5/c1-26-17-8-6-15(7-9-17)21-19(24)14-11-18(23)22(12-14)16-5-3-4-13(10-16)20(25)27-2/h3-10,14H,11-12H2,1-2H3,(H,21,24). The Kier molecular flexibility index (Phi) is 5.40. The molecule has 0 spiro atoms. The van der Waals surface area contributed by atoms with Gasteiger partial charge in [-0.3, -0.25) is 9.59 Å². The van der Waals surface area contributed by atoms with Crippen LogP contribution in [0.2, 0.25) is 0 Å². The van der Waals surface area contributed by atoms with E-state index in [2.05, 4.69) is 5.32 Å². The Morgan fingerprint density at radius 2 is 1.85 bits per heavy atom. The van der Waals surface area contributed by atoms with Gasteiger partial charge in [-0.2, -0.15) is 0 Å². The molecule has 0 saturated carbocycles.